The summed E-state index contributed by atoms with van der Waals surface area (Å²) in [6.07, 6.45) is 0. The number of amides is 1. The summed E-state index contributed by atoms with van der Waals surface area (Å²) in [5, 5.41) is 13.5. The van der Waals surface area contributed by atoms with Gasteiger partial charge in [0, 0.05) is 11.4 Å². The molecule has 0 aliphatic rings. The highest BCUT2D eigenvalue weighted by atomic mass is 32.1. The number of esters is 1. The summed E-state index contributed by atoms with van der Waals surface area (Å²) in [5.41, 5.74) is 0.124. The summed E-state index contributed by atoms with van der Waals surface area (Å²) in [5.74, 6) is -1.97. The van der Waals surface area contributed by atoms with E-state index in [0.29, 0.717) is 5.01 Å². The average molecular weight is 281 g/mol. The molecule has 0 saturated carbocycles. The van der Waals surface area contributed by atoms with Crippen LogP contribution in [0.2, 0.25) is 0 Å². The van der Waals surface area contributed by atoms with Crippen LogP contribution in [0.3, 0.4) is 0 Å². The molecule has 0 spiro atoms. The Morgan fingerprint density at radius 2 is 2.26 bits per heavy atom. The maximum Gasteiger partial charge on any atom is 0.357 e. The summed E-state index contributed by atoms with van der Waals surface area (Å²) < 4.78 is 4.80. The number of rotatable bonds is 5. The van der Waals surface area contributed by atoms with Crippen molar-refractivity contribution in [3.05, 3.63) is 16.1 Å². The van der Waals surface area contributed by atoms with E-state index < -0.39 is 17.8 Å². The Balaban J connectivity index is 2.86. The molecule has 7 heteroatoms. The molecule has 0 saturated heterocycles. The first-order chi connectivity index (χ1) is 8.99. The Morgan fingerprint density at radius 3 is 2.79 bits per heavy atom. The molecule has 1 heterocycles. The molecule has 1 aromatic heterocycles. The highest BCUT2D eigenvalue weighted by molar-refractivity contribution is 7.10. The van der Waals surface area contributed by atoms with Crippen LogP contribution in [0.1, 0.15) is 42.2 Å². The number of hydrogen-bond acceptors (Lipinski definition) is 6. The fraction of sp³-hybridized carbons (Fsp3) is 0.500. The Kier molecular flexibility index (Phi) is 5.45. The fourth-order valence-corrected chi connectivity index (χ4v) is 2.14. The van der Waals surface area contributed by atoms with Gasteiger partial charge >= 0.3 is 5.97 Å². The van der Waals surface area contributed by atoms with Crippen molar-refractivity contribution < 1.29 is 14.3 Å². The molecule has 1 atom stereocenters. The summed E-state index contributed by atoms with van der Waals surface area (Å²) >= 11 is 1.10. The van der Waals surface area contributed by atoms with Crippen LogP contribution >= 0.6 is 11.3 Å². The molecule has 102 valence electrons. The van der Waals surface area contributed by atoms with Gasteiger partial charge in [-0.1, -0.05) is 0 Å². The summed E-state index contributed by atoms with van der Waals surface area (Å²) in [7, 11) is 0. The van der Waals surface area contributed by atoms with E-state index in [-0.39, 0.29) is 18.3 Å². The third-order valence-corrected chi connectivity index (χ3v) is 2.99. The van der Waals surface area contributed by atoms with Crippen molar-refractivity contribution in [2.45, 2.75) is 32.7 Å². The minimum atomic E-state index is -1.00. The van der Waals surface area contributed by atoms with E-state index in [0.717, 1.165) is 11.3 Å². The largest absolute Gasteiger partial charge is 0.461 e. The molecule has 1 N–H and O–H groups in total. The first kappa shape index (κ1) is 15.1. The van der Waals surface area contributed by atoms with Crippen LogP contribution in [0.5, 0.6) is 0 Å². The number of nitrogens with zero attached hydrogens (tertiary/aromatic N) is 2. The van der Waals surface area contributed by atoms with Crippen molar-refractivity contribution in [2.75, 3.05) is 6.61 Å². The number of hydrogen-bond donors (Lipinski definition) is 1. The first-order valence-electron chi connectivity index (χ1n) is 5.82. The Bertz CT molecular complexity index is 505. The van der Waals surface area contributed by atoms with Gasteiger partial charge in [-0.05, 0) is 20.8 Å². The summed E-state index contributed by atoms with van der Waals surface area (Å²) in [6.45, 7) is 5.55. The maximum atomic E-state index is 11.8. The molecule has 1 aromatic rings. The van der Waals surface area contributed by atoms with E-state index in [4.69, 9.17) is 10.00 Å². The van der Waals surface area contributed by atoms with Crippen molar-refractivity contribution in [2.24, 2.45) is 0 Å². The predicted molar refractivity (Wildman–Crippen MR) is 69.7 cm³/mol. The van der Waals surface area contributed by atoms with Crippen LogP contribution in [0.15, 0.2) is 5.38 Å². The quantitative estimate of drug-likeness (QED) is 0.825. The van der Waals surface area contributed by atoms with Gasteiger partial charge in [-0.15, -0.1) is 11.3 Å². The maximum absolute atomic E-state index is 11.8. The second-order valence-electron chi connectivity index (χ2n) is 4.02. The third-order valence-electron chi connectivity index (χ3n) is 2.08. The molecule has 1 rings (SSSR count). The number of carbonyl (C=O) groups is 2. The minimum Gasteiger partial charge on any atom is -0.461 e. The molecule has 0 fully saturated rings. The van der Waals surface area contributed by atoms with Gasteiger partial charge in [0.25, 0.3) is 0 Å². The Labute approximate surface area is 115 Å². The first-order valence-corrected chi connectivity index (χ1v) is 6.70. The van der Waals surface area contributed by atoms with Gasteiger partial charge in [-0.2, -0.15) is 5.26 Å². The monoisotopic (exact) mass is 281 g/mol. The van der Waals surface area contributed by atoms with Crippen molar-refractivity contribution in [3.63, 3.8) is 0 Å². The number of aromatic nitrogens is 1. The van der Waals surface area contributed by atoms with Gasteiger partial charge in [0.05, 0.1) is 12.7 Å². The molecule has 0 aromatic carbocycles. The molecule has 0 bridgehead atoms. The molecule has 0 aliphatic heterocycles. The van der Waals surface area contributed by atoms with Gasteiger partial charge < -0.3 is 10.1 Å². The molecule has 19 heavy (non-hydrogen) atoms. The van der Waals surface area contributed by atoms with E-state index in [1.54, 1.807) is 20.8 Å². The number of thiazole rings is 1. The molecule has 0 unspecified atom stereocenters. The fourth-order valence-electron chi connectivity index (χ4n) is 1.31. The zero-order valence-electron chi connectivity index (χ0n) is 11.0. The predicted octanol–water partition coefficient (Wildman–Crippen LogP) is 1.45. The second-order valence-corrected chi connectivity index (χ2v) is 4.91. The van der Waals surface area contributed by atoms with Crippen molar-refractivity contribution in [1.29, 1.82) is 5.26 Å². The van der Waals surface area contributed by atoms with E-state index in [9.17, 15) is 9.59 Å². The lowest BCUT2D eigenvalue weighted by atomic mass is 10.1. The second kappa shape index (κ2) is 6.85. The lowest BCUT2D eigenvalue weighted by Crippen LogP contribution is -2.34. The highest BCUT2D eigenvalue weighted by Gasteiger charge is 2.25. The van der Waals surface area contributed by atoms with Crippen molar-refractivity contribution in [3.8, 4) is 6.07 Å². The van der Waals surface area contributed by atoms with Crippen molar-refractivity contribution in [1.82, 2.24) is 10.3 Å². The van der Waals surface area contributed by atoms with Gasteiger partial charge in [0.15, 0.2) is 11.6 Å². The van der Waals surface area contributed by atoms with Crippen LogP contribution in [-0.4, -0.2) is 29.5 Å². The SMILES string of the molecule is CCOC(=O)c1csc([C@@H](C#N)C(=O)NC(C)C)n1. The minimum absolute atomic E-state index is 0.0622. The normalized spacial score (nSPS) is 11.7. The molecule has 6 nitrogen and oxygen atoms in total. The van der Waals surface area contributed by atoms with Gasteiger partial charge in [-0.3, -0.25) is 4.79 Å². The van der Waals surface area contributed by atoms with Crippen molar-refractivity contribution >= 4 is 23.2 Å². The topological polar surface area (TPSA) is 92.1 Å². The number of nitrogens with one attached hydrogen (secondary N) is 1. The van der Waals surface area contributed by atoms with Gasteiger partial charge in [0.2, 0.25) is 5.91 Å². The summed E-state index contributed by atoms with van der Waals surface area (Å²) in [6, 6.07) is 1.83. The Hall–Kier alpha value is -1.94. The zero-order valence-corrected chi connectivity index (χ0v) is 11.8. The molecular weight excluding hydrogens is 266 g/mol. The van der Waals surface area contributed by atoms with Crippen LogP contribution in [0.25, 0.3) is 0 Å². The lowest BCUT2D eigenvalue weighted by molar-refractivity contribution is -0.121. The standard InChI is InChI=1S/C12H15N3O3S/c1-4-18-12(17)9-6-19-11(15-9)8(5-13)10(16)14-7(2)3/h6-8H,4H2,1-3H3,(H,14,16)/t8-/m0/s1. The lowest BCUT2D eigenvalue weighted by Gasteiger charge is -2.10. The van der Waals surface area contributed by atoms with E-state index in [1.807, 2.05) is 6.07 Å². The Morgan fingerprint density at radius 1 is 1.58 bits per heavy atom. The number of carbonyl (C=O) groups excluding carboxylic acids is 2. The van der Waals surface area contributed by atoms with Gasteiger partial charge in [0.1, 0.15) is 5.01 Å². The van der Waals surface area contributed by atoms with Crippen LogP contribution in [-0.2, 0) is 9.53 Å². The average Bonchev–Trinajstić information content (AvgIpc) is 2.78. The van der Waals surface area contributed by atoms with E-state index in [2.05, 4.69) is 10.3 Å². The van der Waals surface area contributed by atoms with E-state index >= 15 is 0 Å². The molecule has 0 radical (unpaired) electrons. The molecule has 1 amide bonds. The molecular formula is C12H15N3O3S. The van der Waals surface area contributed by atoms with Gasteiger partial charge in [-0.25, -0.2) is 9.78 Å². The number of ether oxygens (including phenoxy) is 1. The highest BCUT2D eigenvalue weighted by Crippen LogP contribution is 2.20. The number of nitriles is 1. The third kappa shape index (κ3) is 4.03. The van der Waals surface area contributed by atoms with Crippen LogP contribution in [0.4, 0.5) is 0 Å². The smallest absolute Gasteiger partial charge is 0.357 e. The van der Waals surface area contributed by atoms with E-state index in [1.165, 1.54) is 5.38 Å². The molecule has 0 aliphatic carbocycles. The van der Waals surface area contributed by atoms with Crippen LogP contribution < -0.4 is 5.32 Å². The zero-order chi connectivity index (χ0) is 14.4. The summed E-state index contributed by atoms with van der Waals surface area (Å²) in [4.78, 5) is 27.3. The van der Waals surface area contributed by atoms with Crippen LogP contribution in [0, 0.1) is 11.3 Å².